The van der Waals surface area contributed by atoms with Crippen molar-refractivity contribution in [2.75, 3.05) is 0 Å². The average Bonchev–Trinajstić information content (AvgIpc) is 2.64. The average molecular weight is 247 g/mol. The van der Waals surface area contributed by atoms with Crippen molar-refractivity contribution in [1.82, 2.24) is 14.8 Å². The Morgan fingerprint density at radius 2 is 2.11 bits per heavy atom. The van der Waals surface area contributed by atoms with Crippen molar-refractivity contribution in [3.05, 3.63) is 40.4 Å². The molecule has 0 aliphatic rings. The lowest BCUT2D eigenvalue weighted by Crippen LogP contribution is -2.16. The molecule has 0 amide bonds. The molecule has 0 aliphatic heterocycles. The Balaban J connectivity index is 2.45. The maximum Gasteiger partial charge on any atom is 0.303 e. The molecule has 18 heavy (non-hydrogen) atoms. The summed E-state index contributed by atoms with van der Waals surface area (Å²) in [6.07, 6.45) is 3.40. The van der Waals surface area contributed by atoms with Gasteiger partial charge in [-0.2, -0.15) is 0 Å². The minimum Gasteiger partial charge on any atom is -0.481 e. The Morgan fingerprint density at radius 3 is 2.72 bits per heavy atom. The highest BCUT2D eigenvalue weighted by atomic mass is 16.4. The third kappa shape index (κ3) is 2.32. The second-order valence-corrected chi connectivity index (χ2v) is 3.96. The number of hydrogen-bond acceptors (Lipinski definition) is 3. The third-order valence-electron chi connectivity index (χ3n) is 2.70. The maximum atomic E-state index is 11.9. The second kappa shape index (κ2) is 4.87. The van der Waals surface area contributed by atoms with E-state index in [1.165, 1.54) is 4.68 Å². The number of aromatic nitrogens is 3. The number of carboxylic acids is 1. The summed E-state index contributed by atoms with van der Waals surface area (Å²) in [4.78, 5) is 26.4. The Kier molecular flexibility index (Phi) is 3.27. The van der Waals surface area contributed by atoms with Gasteiger partial charge in [-0.15, -0.1) is 0 Å². The van der Waals surface area contributed by atoms with E-state index in [0.29, 0.717) is 11.3 Å². The van der Waals surface area contributed by atoms with Crippen molar-refractivity contribution in [2.24, 2.45) is 7.05 Å². The van der Waals surface area contributed by atoms with Crippen molar-refractivity contribution < 1.29 is 9.90 Å². The fraction of sp³-hybridized carbons (Fsp3) is 0.250. The zero-order chi connectivity index (χ0) is 13.1. The highest BCUT2D eigenvalue weighted by molar-refractivity contribution is 5.68. The summed E-state index contributed by atoms with van der Waals surface area (Å²) in [7, 11) is 1.61. The predicted molar refractivity (Wildman–Crippen MR) is 65.2 cm³/mol. The van der Waals surface area contributed by atoms with E-state index in [9.17, 15) is 9.59 Å². The van der Waals surface area contributed by atoms with E-state index < -0.39 is 5.97 Å². The molecule has 2 aromatic heterocycles. The number of hydrogen-bond donors (Lipinski definition) is 2. The number of rotatable bonds is 4. The predicted octanol–water partition coefficient (Wildman–Crippen LogP) is 0.793. The Labute approximate surface area is 103 Å². The molecule has 94 valence electrons. The first-order chi connectivity index (χ1) is 8.59. The van der Waals surface area contributed by atoms with Crippen LogP contribution in [0.2, 0.25) is 0 Å². The Bertz CT molecular complexity index is 613. The summed E-state index contributed by atoms with van der Waals surface area (Å²) < 4.78 is 1.35. The van der Waals surface area contributed by atoms with E-state index in [-0.39, 0.29) is 18.4 Å². The zero-order valence-electron chi connectivity index (χ0n) is 9.88. The number of aryl methyl sites for hydroxylation is 1. The van der Waals surface area contributed by atoms with Crippen molar-refractivity contribution in [3.63, 3.8) is 0 Å². The van der Waals surface area contributed by atoms with Crippen LogP contribution in [-0.2, 0) is 18.3 Å². The van der Waals surface area contributed by atoms with Gasteiger partial charge in [-0.1, -0.05) is 0 Å². The minimum atomic E-state index is -0.918. The lowest BCUT2D eigenvalue weighted by molar-refractivity contribution is -0.136. The van der Waals surface area contributed by atoms with Crippen LogP contribution in [0.5, 0.6) is 0 Å². The molecular formula is C12H13N3O3. The third-order valence-corrected chi connectivity index (χ3v) is 2.70. The number of nitrogens with zero attached hydrogens (tertiary/aromatic N) is 2. The summed E-state index contributed by atoms with van der Waals surface area (Å²) in [6.45, 7) is 0. The summed E-state index contributed by atoms with van der Waals surface area (Å²) in [5.41, 5.74) is 1.78. The quantitative estimate of drug-likeness (QED) is 0.836. The first kappa shape index (κ1) is 12.1. The van der Waals surface area contributed by atoms with Gasteiger partial charge in [0, 0.05) is 37.0 Å². The molecule has 0 unspecified atom stereocenters. The number of nitrogens with one attached hydrogen (secondary N) is 1. The molecule has 0 atom stereocenters. The summed E-state index contributed by atoms with van der Waals surface area (Å²) in [5.74, 6) is -0.918. The second-order valence-electron chi connectivity index (χ2n) is 3.96. The van der Waals surface area contributed by atoms with Gasteiger partial charge in [0.15, 0.2) is 0 Å². The van der Waals surface area contributed by atoms with E-state index in [0.717, 1.165) is 5.56 Å². The minimum absolute atomic E-state index is 0.0643. The molecule has 0 aromatic carbocycles. The monoisotopic (exact) mass is 247 g/mol. The first-order valence-electron chi connectivity index (χ1n) is 5.49. The maximum absolute atomic E-state index is 11.9. The standard InChI is InChI=1S/C12H13N3O3/c1-15-12(18)9(2-3-10(16)17)11(14-15)8-4-6-13-7-5-8/h4-7,14H,2-3H2,1H3,(H,16,17). The molecule has 6 nitrogen and oxygen atoms in total. The van der Waals surface area contributed by atoms with Crippen LogP contribution in [0, 0.1) is 0 Å². The van der Waals surface area contributed by atoms with Gasteiger partial charge in [0.1, 0.15) is 0 Å². The zero-order valence-corrected chi connectivity index (χ0v) is 9.88. The summed E-state index contributed by atoms with van der Waals surface area (Å²) in [5, 5.41) is 11.6. The number of pyridine rings is 1. The molecule has 2 N–H and O–H groups in total. The van der Waals surface area contributed by atoms with E-state index >= 15 is 0 Å². The van der Waals surface area contributed by atoms with Crippen LogP contribution < -0.4 is 5.56 Å². The SMILES string of the molecule is Cn1[nH]c(-c2ccncc2)c(CCC(=O)O)c1=O. The van der Waals surface area contributed by atoms with Crippen molar-refractivity contribution in [3.8, 4) is 11.3 Å². The van der Waals surface area contributed by atoms with Crippen LogP contribution in [0.15, 0.2) is 29.3 Å². The molecule has 0 spiro atoms. The summed E-state index contributed by atoms with van der Waals surface area (Å²) >= 11 is 0. The van der Waals surface area contributed by atoms with Crippen LogP contribution >= 0.6 is 0 Å². The van der Waals surface area contributed by atoms with Crippen LogP contribution in [0.4, 0.5) is 0 Å². The van der Waals surface area contributed by atoms with Crippen molar-refractivity contribution in [2.45, 2.75) is 12.8 Å². The number of aliphatic carboxylic acids is 1. The highest BCUT2D eigenvalue weighted by Crippen LogP contribution is 2.19. The number of aromatic amines is 1. The molecule has 0 radical (unpaired) electrons. The van der Waals surface area contributed by atoms with Crippen molar-refractivity contribution >= 4 is 5.97 Å². The number of H-pyrrole nitrogens is 1. The van der Waals surface area contributed by atoms with E-state index in [2.05, 4.69) is 10.1 Å². The van der Waals surface area contributed by atoms with Gasteiger partial charge < -0.3 is 5.11 Å². The van der Waals surface area contributed by atoms with Gasteiger partial charge in [-0.05, 0) is 18.6 Å². The molecule has 2 aromatic rings. The molecule has 6 heteroatoms. The Morgan fingerprint density at radius 1 is 1.44 bits per heavy atom. The molecule has 2 heterocycles. The van der Waals surface area contributed by atoms with E-state index in [4.69, 9.17) is 5.11 Å². The fourth-order valence-corrected chi connectivity index (χ4v) is 1.82. The number of carbonyl (C=O) groups is 1. The largest absolute Gasteiger partial charge is 0.481 e. The normalized spacial score (nSPS) is 10.5. The smallest absolute Gasteiger partial charge is 0.303 e. The van der Waals surface area contributed by atoms with Crippen LogP contribution in [-0.4, -0.2) is 25.8 Å². The lowest BCUT2D eigenvalue weighted by atomic mass is 10.1. The van der Waals surface area contributed by atoms with Crippen LogP contribution in [0.25, 0.3) is 11.3 Å². The van der Waals surface area contributed by atoms with Gasteiger partial charge >= 0.3 is 5.97 Å². The van der Waals surface area contributed by atoms with Crippen LogP contribution in [0.3, 0.4) is 0 Å². The molecular weight excluding hydrogens is 234 g/mol. The molecule has 0 saturated carbocycles. The van der Waals surface area contributed by atoms with E-state index in [1.807, 2.05) is 0 Å². The van der Waals surface area contributed by atoms with Gasteiger partial charge in [0.05, 0.1) is 5.69 Å². The molecule has 0 aliphatic carbocycles. The molecule has 0 bridgehead atoms. The van der Waals surface area contributed by atoms with Gasteiger partial charge in [0.2, 0.25) is 0 Å². The van der Waals surface area contributed by atoms with Gasteiger partial charge in [0.25, 0.3) is 5.56 Å². The van der Waals surface area contributed by atoms with Gasteiger partial charge in [-0.25, -0.2) is 0 Å². The molecule has 0 saturated heterocycles. The molecule has 0 fully saturated rings. The number of carboxylic acid groups (broad SMARTS) is 1. The summed E-state index contributed by atoms with van der Waals surface area (Å²) in [6, 6.07) is 3.55. The highest BCUT2D eigenvalue weighted by Gasteiger charge is 2.14. The lowest BCUT2D eigenvalue weighted by Gasteiger charge is -2.00. The van der Waals surface area contributed by atoms with Crippen molar-refractivity contribution in [1.29, 1.82) is 0 Å². The fourth-order valence-electron chi connectivity index (χ4n) is 1.82. The van der Waals surface area contributed by atoms with E-state index in [1.54, 1.807) is 31.6 Å². The molecule has 2 rings (SSSR count). The topological polar surface area (TPSA) is 88.0 Å². The van der Waals surface area contributed by atoms with Gasteiger partial charge in [-0.3, -0.25) is 24.4 Å². The van der Waals surface area contributed by atoms with Crippen LogP contribution in [0.1, 0.15) is 12.0 Å². The first-order valence-corrected chi connectivity index (χ1v) is 5.49. The Hall–Kier alpha value is -2.37.